The Hall–Kier alpha value is -3.26. The minimum Gasteiger partial charge on any atom is -0.378 e. The maximum atomic E-state index is 5.44. The van der Waals surface area contributed by atoms with Gasteiger partial charge in [-0.2, -0.15) is 10.2 Å². The van der Waals surface area contributed by atoms with Gasteiger partial charge in [0.05, 0.1) is 36.8 Å². The van der Waals surface area contributed by atoms with Gasteiger partial charge in [-0.3, -0.25) is 14.8 Å². The number of rotatable bonds is 3. The van der Waals surface area contributed by atoms with Crippen LogP contribution in [0.1, 0.15) is 0 Å². The molecule has 1 aliphatic rings. The first-order valence-corrected chi connectivity index (χ1v) is 8.90. The lowest BCUT2D eigenvalue weighted by Crippen LogP contribution is -2.36. The van der Waals surface area contributed by atoms with E-state index in [2.05, 4.69) is 42.3 Å². The Kier molecular flexibility index (Phi) is 3.83. The van der Waals surface area contributed by atoms with Crippen LogP contribution in [0.4, 0.5) is 5.82 Å². The molecule has 0 bridgehead atoms. The monoisotopic (exact) mass is 361 g/mol. The standard InChI is InChI=1S/C19H19N7O/c1-25-12-14(10-22-25)16-9-15-17(11-21-16)23-24-19(15)13-2-3-20-18(8-13)26-4-6-27-7-5-26/h2-3,8-12H,4-7H2,1H3,(H,23,24). The number of nitrogens with zero attached hydrogens (tertiary/aromatic N) is 6. The van der Waals surface area contributed by atoms with Gasteiger partial charge in [-0.1, -0.05) is 0 Å². The first kappa shape index (κ1) is 16.0. The molecule has 0 aromatic carbocycles. The van der Waals surface area contributed by atoms with E-state index in [0.29, 0.717) is 0 Å². The molecule has 0 spiro atoms. The highest BCUT2D eigenvalue weighted by molar-refractivity contribution is 5.94. The van der Waals surface area contributed by atoms with Crippen LogP contribution in [0.2, 0.25) is 0 Å². The maximum Gasteiger partial charge on any atom is 0.129 e. The molecule has 8 heteroatoms. The van der Waals surface area contributed by atoms with Gasteiger partial charge in [0, 0.05) is 49.0 Å². The Balaban J connectivity index is 1.56. The molecule has 0 radical (unpaired) electrons. The van der Waals surface area contributed by atoms with Gasteiger partial charge in [0.2, 0.25) is 0 Å². The van der Waals surface area contributed by atoms with Gasteiger partial charge in [0.1, 0.15) is 11.5 Å². The molecule has 27 heavy (non-hydrogen) atoms. The van der Waals surface area contributed by atoms with Crippen molar-refractivity contribution in [1.29, 1.82) is 0 Å². The zero-order chi connectivity index (χ0) is 18.2. The summed E-state index contributed by atoms with van der Waals surface area (Å²) in [5.41, 5.74) is 4.69. The Morgan fingerprint density at radius 2 is 1.96 bits per heavy atom. The van der Waals surface area contributed by atoms with E-state index in [1.54, 1.807) is 4.68 Å². The first-order valence-electron chi connectivity index (χ1n) is 8.90. The first-order chi connectivity index (χ1) is 13.3. The molecule has 0 amide bonds. The molecule has 1 saturated heterocycles. The second-order valence-electron chi connectivity index (χ2n) is 6.59. The fraction of sp³-hybridized carbons (Fsp3) is 0.263. The fourth-order valence-corrected chi connectivity index (χ4v) is 3.38. The van der Waals surface area contributed by atoms with Crippen molar-refractivity contribution in [3.63, 3.8) is 0 Å². The normalized spacial score (nSPS) is 14.8. The molecular formula is C19H19N7O. The number of aromatic amines is 1. The molecular weight excluding hydrogens is 342 g/mol. The molecule has 0 aliphatic carbocycles. The largest absolute Gasteiger partial charge is 0.378 e. The Morgan fingerprint density at radius 3 is 2.78 bits per heavy atom. The van der Waals surface area contributed by atoms with Crippen LogP contribution < -0.4 is 4.90 Å². The van der Waals surface area contributed by atoms with Crippen molar-refractivity contribution >= 4 is 16.7 Å². The summed E-state index contributed by atoms with van der Waals surface area (Å²) < 4.78 is 7.21. The highest BCUT2D eigenvalue weighted by Crippen LogP contribution is 2.30. The summed E-state index contributed by atoms with van der Waals surface area (Å²) in [7, 11) is 1.90. The topological polar surface area (TPSA) is 84.8 Å². The molecule has 8 nitrogen and oxygen atoms in total. The van der Waals surface area contributed by atoms with Gasteiger partial charge in [-0.15, -0.1) is 0 Å². The fourth-order valence-electron chi connectivity index (χ4n) is 3.38. The SMILES string of the molecule is Cn1cc(-c2cc3c(-c4ccnc(N5CCOCC5)c4)n[nH]c3cn2)cn1. The van der Waals surface area contributed by atoms with Crippen LogP contribution in [0.25, 0.3) is 33.4 Å². The van der Waals surface area contributed by atoms with Crippen LogP contribution in [0.15, 0.2) is 43.0 Å². The quantitative estimate of drug-likeness (QED) is 0.602. The van der Waals surface area contributed by atoms with Crippen molar-refractivity contribution in [3.05, 3.63) is 43.0 Å². The lowest BCUT2D eigenvalue weighted by Gasteiger charge is -2.27. The molecule has 4 aromatic heterocycles. The van der Waals surface area contributed by atoms with Crippen LogP contribution in [0.5, 0.6) is 0 Å². The Morgan fingerprint density at radius 1 is 1.07 bits per heavy atom. The van der Waals surface area contributed by atoms with Gasteiger partial charge >= 0.3 is 0 Å². The summed E-state index contributed by atoms with van der Waals surface area (Å²) in [6, 6.07) is 6.13. The molecule has 1 fully saturated rings. The highest BCUT2D eigenvalue weighted by Gasteiger charge is 2.16. The molecule has 1 N–H and O–H groups in total. The summed E-state index contributed by atoms with van der Waals surface area (Å²) in [6.45, 7) is 3.18. The van der Waals surface area contributed by atoms with E-state index >= 15 is 0 Å². The average molecular weight is 361 g/mol. The highest BCUT2D eigenvalue weighted by atomic mass is 16.5. The Bertz CT molecular complexity index is 1090. The van der Waals surface area contributed by atoms with Crippen molar-refractivity contribution in [1.82, 2.24) is 29.9 Å². The van der Waals surface area contributed by atoms with Crippen molar-refractivity contribution in [2.45, 2.75) is 0 Å². The van der Waals surface area contributed by atoms with Crippen LogP contribution in [0.3, 0.4) is 0 Å². The van der Waals surface area contributed by atoms with Gasteiger partial charge in [-0.25, -0.2) is 4.98 Å². The molecule has 5 heterocycles. The molecule has 0 saturated carbocycles. The van der Waals surface area contributed by atoms with Crippen LogP contribution in [-0.4, -0.2) is 56.2 Å². The number of fused-ring (bicyclic) bond motifs is 1. The number of nitrogens with one attached hydrogen (secondary N) is 1. The molecule has 0 unspecified atom stereocenters. The second kappa shape index (κ2) is 6.48. The minimum atomic E-state index is 0.734. The number of morpholine rings is 1. The molecule has 136 valence electrons. The lowest BCUT2D eigenvalue weighted by atomic mass is 10.1. The summed E-state index contributed by atoms with van der Waals surface area (Å²) >= 11 is 0. The van der Waals surface area contributed by atoms with Crippen molar-refractivity contribution in [2.75, 3.05) is 31.2 Å². The van der Waals surface area contributed by atoms with Crippen LogP contribution in [0, 0.1) is 0 Å². The van der Waals surface area contributed by atoms with Crippen LogP contribution in [-0.2, 0) is 11.8 Å². The lowest BCUT2D eigenvalue weighted by molar-refractivity contribution is 0.122. The molecule has 4 aromatic rings. The summed E-state index contributed by atoms with van der Waals surface area (Å²) in [6.07, 6.45) is 7.43. The van der Waals surface area contributed by atoms with E-state index in [1.807, 2.05) is 37.9 Å². The smallest absolute Gasteiger partial charge is 0.129 e. The number of aromatic nitrogens is 6. The number of ether oxygens (including phenoxy) is 1. The van der Waals surface area contributed by atoms with Gasteiger partial charge in [0.15, 0.2) is 0 Å². The van der Waals surface area contributed by atoms with E-state index in [4.69, 9.17) is 4.74 Å². The summed E-state index contributed by atoms with van der Waals surface area (Å²) in [5, 5.41) is 12.9. The summed E-state index contributed by atoms with van der Waals surface area (Å²) in [4.78, 5) is 11.3. The third kappa shape index (κ3) is 2.93. The van der Waals surface area contributed by atoms with Crippen LogP contribution >= 0.6 is 0 Å². The third-order valence-electron chi connectivity index (χ3n) is 4.80. The predicted octanol–water partition coefficient (Wildman–Crippen LogP) is 2.26. The van der Waals surface area contributed by atoms with E-state index in [0.717, 1.165) is 65.5 Å². The predicted molar refractivity (Wildman–Crippen MR) is 102 cm³/mol. The van der Waals surface area contributed by atoms with E-state index in [-0.39, 0.29) is 0 Å². The third-order valence-corrected chi connectivity index (χ3v) is 4.80. The van der Waals surface area contributed by atoms with E-state index in [9.17, 15) is 0 Å². The van der Waals surface area contributed by atoms with Gasteiger partial charge in [-0.05, 0) is 18.2 Å². The number of hydrogen-bond donors (Lipinski definition) is 1. The zero-order valence-corrected chi connectivity index (χ0v) is 15.0. The molecule has 5 rings (SSSR count). The second-order valence-corrected chi connectivity index (χ2v) is 6.59. The number of hydrogen-bond acceptors (Lipinski definition) is 6. The van der Waals surface area contributed by atoms with Gasteiger partial charge < -0.3 is 9.64 Å². The van der Waals surface area contributed by atoms with Gasteiger partial charge in [0.25, 0.3) is 0 Å². The number of anilines is 1. The summed E-state index contributed by atoms with van der Waals surface area (Å²) in [5.74, 6) is 0.952. The zero-order valence-electron chi connectivity index (χ0n) is 15.0. The van der Waals surface area contributed by atoms with E-state index in [1.165, 1.54) is 0 Å². The molecule has 0 atom stereocenters. The molecule has 1 aliphatic heterocycles. The number of pyridine rings is 2. The number of aryl methyl sites for hydroxylation is 1. The maximum absolute atomic E-state index is 5.44. The van der Waals surface area contributed by atoms with Crippen molar-refractivity contribution < 1.29 is 4.74 Å². The minimum absolute atomic E-state index is 0.734. The Labute approximate surface area is 155 Å². The average Bonchev–Trinajstić information content (AvgIpc) is 3.34. The number of H-pyrrole nitrogens is 1. The van der Waals surface area contributed by atoms with Crippen molar-refractivity contribution in [2.24, 2.45) is 7.05 Å². The van der Waals surface area contributed by atoms with E-state index < -0.39 is 0 Å². The van der Waals surface area contributed by atoms with Crippen molar-refractivity contribution in [3.8, 4) is 22.5 Å².